The third kappa shape index (κ3) is 4.75. The van der Waals surface area contributed by atoms with Crippen molar-refractivity contribution in [2.45, 2.75) is 12.5 Å². The highest BCUT2D eigenvalue weighted by molar-refractivity contribution is 5.83. The lowest BCUT2D eigenvalue weighted by Gasteiger charge is -2.37. The van der Waals surface area contributed by atoms with Crippen LogP contribution >= 0.6 is 0 Å². The number of carbonyl (C=O) groups is 1. The van der Waals surface area contributed by atoms with Crippen LogP contribution in [-0.2, 0) is 9.53 Å². The van der Waals surface area contributed by atoms with E-state index in [2.05, 4.69) is 4.90 Å². The average molecular weight is 337 g/mol. The number of hydrogen-bond donors (Lipinski definition) is 0. The predicted molar refractivity (Wildman–Crippen MR) is 92.3 cm³/mol. The molecule has 1 heterocycles. The van der Waals surface area contributed by atoms with Gasteiger partial charge in [0.1, 0.15) is 11.9 Å². The molecule has 1 amide bonds. The molecule has 0 unspecified atom stereocenters. The summed E-state index contributed by atoms with van der Waals surface area (Å²) in [6, 6.07) is 5.95. The molecule has 1 saturated heterocycles. The summed E-state index contributed by atoms with van der Waals surface area (Å²) in [6.07, 6.45) is 1.000. The molecule has 0 aromatic heterocycles. The Bertz CT molecular complexity index is 531. The first kappa shape index (κ1) is 18.8. The molecule has 2 rings (SSSR count). The Balaban J connectivity index is 1.98. The number of benzene rings is 1. The fourth-order valence-corrected chi connectivity index (χ4v) is 3.13. The maximum Gasteiger partial charge on any atom is 0.244 e. The van der Waals surface area contributed by atoms with E-state index in [0.29, 0.717) is 18.7 Å². The van der Waals surface area contributed by atoms with Crippen molar-refractivity contribution in [3.8, 4) is 0 Å². The molecule has 24 heavy (non-hydrogen) atoms. The fraction of sp³-hybridized carbons (Fsp3) is 0.611. The minimum Gasteiger partial charge on any atom is -0.385 e. The quantitative estimate of drug-likeness (QED) is 0.708. The zero-order chi connectivity index (χ0) is 17.5. The molecular formula is C18H28FN3O2. The van der Waals surface area contributed by atoms with Gasteiger partial charge in [-0.3, -0.25) is 14.6 Å². The highest BCUT2D eigenvalue weighted by Gasteiger charge is 2.31. The molecule has 1 aromatic carbocycles. The van der Waals surface area contributed by atoms with Crippen molar-refractivity contribution in [1.82, 2.24) is 14.7 Å². The number of ether oxygens (including phenoxy) is 1. The van der Waals surface area contributed by atoms with Crippen LogP contribution in [0.15, 0.2) is 24.3 Å². The van der Waals surface area contributed by atoms with E-state index in [1.807, 2.05) is 19.0 Å². The summed E-state index contributed by atoms with van der Waals surface area (Å²) in [7, 11) is 5.34. The van der Waals surface area contributed by atoms with Crippen molar-refractivity contribution in [3.05, 3.63) is 35.6 Å². The maximum absolute atomic E-state index is 14.1. The molecule has 1 atom stereocenters. The van der Waals surface area contributed by atoms with Crippen LogP contribution in [0.4, 0.5) is 4.39 Å². The molecule has 6 heteroatoms. The molecule has 0 saturated carbocycles. The Morgan fingerprint density at radius 1 is 1.25 bits per heavy atom. The number of piperazine rings is 1. The van der Waals surface area contributed by atoms with E-state index in [4.69, 9.17) is 4.74 Å². The van der Waals surface area contributed by atoms with Gasteiger partial charge in [-0.05, 0) is 26.6 Å². The van der Waals surface area contributed by atoms with Crippen LogP contribution in [0.3, 0.4) is 0 Å². The molecular weight excluding hydrogens is 309 g/mol. The number of hydrogen-bond acceptors (Lipinski definition) is 4. The van der Waals surface area contributed by atoms with E-state index in [9.17, 15) is 9.18 Å². The van der Waals surface area contributed by atoms with E-state index in [1.54, 1.807) is 30.2 Å². The zero-order valence-electron chi connectivity index (χ0n) is 14.9. The van der Waals surface area contributed by atoms with Crippen LogP contribution in [0.1, 0.15) is 18.0 Å². The zero-order valence-corrected chi connectivity index (χ0v) is 14.9. The molecule has 5 nitrogen and oxygen atoms in total. The highest BCUT2D eigenvalue weighted by Crippen LogP contribution is 2.24. The van der Waals surface area contributed by atoms with Crippen LogP contribution < -0.4 is 0 Å². The topological polar surface area (TPSA) is 36.0 Å². The number of nitrogens with zero attached hydrogens (tertiary/aromatic N) is 3. The first-order valence-electron chi connectivity index (χ1n) is 8.45. The Morgan fingerprint density at radius 2 is 1.92 bits per heavy atom. The van der Waals surface area contributed by atoms with Crippen molar-refractivity contribution in [2.24, 2.45) is 0 Å². The SMILES string of the molecule is COCCCN1CCN(C(=O)[C@@H](c2ccccc2F)N(C)C)CC1. The third-order valence-electron chi connectivity index (χ3n) is 4.46. The van der Waals surface area contributed by atoms with Crippen LogP contribution in [0.25, 0.3) is 0 Å². The Morgan fingerprint density at radius 3 is 2.50 bits per heavy atom. The second-order valence-corrected chi connectivity index (χ2v) is 6.40. The van der Waals surface area contributed by atoms with Gasteiger partial charge in [0.2, 0.25) is 5.91 Å². The van der Waals surface area contributed by atoms with E-state index in [1.165, 1.54) is 6.07 Å². The first-order valence-corrected chi connectivity index (χ1v) is 8.45. The molecule has 1 fully saturated rings. The van der Waals surface area contributed by atoms with Crippen LogP contribution in [0.5, 0.6) is 0 Å². The number of carbonyl (C=O) groups excluding carboxylic acids is 1. The number of likely N-dealkylation sites (N-methyl/N-ethyl adjacent to an activating group) is 1. The Labute approximate surface area is 144 Å². The van der Waals surface area contributed by atoms with Gasteiger partial charge in [-0.2, -0.15) is 0 Å². The number of amides is 1. The number of rotatable bonds is 7. The lowest BCUT2D eigenvalue weighted by molar-refractivity contribution is -0.138. The largest absolute Gasteiger partial charge is 0.385 e. The molecule has 1 aliphatic heterocycles. The van der Waals surface area contributed by atoms with Gasteiger partial charge in [0.05, 0.1) is 0 Å². The second kappa shape index (κ2) is 9.11. The summed E-state index contributed by atoms with van der Waals surface area (Å²) in [5, 5.41) is 0. The predicted octanol–water partition coefficient (Wildman–Crippen LogP) is 1.61. The van der Waals surface area contributed by atoms with Crippen molar-refractivity contribution in [1.29, 1.82) is 0 Å². The number of methoxy groups -OCH3 is 1. The molecule has 1 aromatic rings. The average Bonchev–Trinajstić information content (AvgIpc) is 2.57. The molecule has 134 valence electrons. The maximum atomic E-state index is 14.1. The van der Waals surface area contributed by atoms with Crippen LogP contribution in [-0.4, -0.2) is 81.1 Å². The van der Waals surface area contributed by atoms with E-state index in [0.717, 1.165) is 32.7 Å². The van der Waals surface area contributed by atoms with E-state index < -0.39 is 6.04 Å². The van der Waals surface area contributed by atoms with E-state index in [-0.39, 0.29) is 11.7 Å². The summed E-state index contributed by atoms with van der Waals surface area (Å²) in [5.74, 6) is -0.357. The van der Waals surface area contributed by atoms with E-state index >= 15 is 0 Å². The van der Waals surface area contributed by atoms with Crippen LogP contribution in [0, 0.1) is 5.82 Å². The minimum atomic E-state index is -0.578. The normalized spacial score (nSPS) is 17.3. The summed E-state index contributed by atoms with van der Waals surface area (Å²) in [6.45, 7) is 4.82. The van der Waals surface area contributed by atoms with Crippen molar-refractivity contribution in [3.63, 3.8) is 0 Å². The van der Waals surface area contributed by atoms with Gasteiger partial charge in [-0.25, -0.2) is 4.39 Å². The Hall–Kier alpha value is -1.50. The van der Waals surface area contributed by atoms with Gasteiger partial charge in [-0.15, -0.1) is 0 Å². The van der Waals surface area contributed by atoms with Crippen molar-refractivity contribution in [2.75, 3.05) is 60.5 Å². The van der Waals surface area contributed by atoms with Gasteiger partial charge in [0, 0.05) is 52.0 Å². The first-order chi connectivity index (χ1) is 11.5. The molecule has 0 radical (unpaired) electrons. The van der Waals surface area contributed by atoms with Gasteiger partial charge < -0.3 is 9.64 Å². The summed E-state index contributed by atoms with van der Waals surface area (Å²) in [4.78, 5) is 18.9. The van der Waals surface area contributed by atoms with Gasteiger partial charge in [0.25, 0.3) is 0 Å². The molecule has 0 aliphatic carbocycles. The second-order valence-electron chi connectivity index (χ2n) is 6.40. The summed E-state index contributed by atoms with van der Waals surface area (Å²) >= 11 is 0. The number of halogens is 1. The standard InChI is InChI=1S/C18H28FN3O2/c1-20(2)17(15-7-4-5-8-16(15)19)18(23)22-12-10-21(11-13-22)9-6-14-24-3/h4-5,7-8,17H,6,9-14H2,1-3H3/t17-/m1/s1. The monoisotopic (exact) mass is 337 g/mol. The molecule has 0 N–H and O–H groups in total. The lowest BCUT2D eigenvalue weighted by Crippen LogP contribution is -2.51. The Kier molecular flexibility index (Phi) is 7.15. The lowest BCUT2D eigenvalue weighted by atomic mass is 10.0. The van der Waals surface area contributed by atoms with Gasteiger partial charge in [-0.1, -0.05) is 18.2 Å². The molecule has 0 spiro atoms. The smallest absolute Gasteiger partial charge is 0.244 e. The highest BCUT2D eigenvalue weighted by atomic mass is 19.1. The van der Waals surface area contributed by atoms with Crippen molar-refractivity contribution >= 4 is 5.91 Å². The molecule has 1 aliphatic rings. The van der Waals surface area contributed by atoms with Crippen LogP contribution in [0.2, 0.25) is 0 Å². The summed E-state index contributed by atoms with van der Waals surface area (Å²) in [5.41, 5.74) is 0.440. The minimum absolute atomic E-state index is 0.0263. The van der Waals surface area contributed by atoms with Gasteiger partial charge in [0.15, 0.2) is 0 Å². The third-order valence-corrected chi connectivity index (χ3v) is 4.46. The van der Waals surface area contributed by atoms with Gasteiger partial charge >= 0.3 is 0 Å². The van der Waals surface area contributed by atoms with Crippen molar-refractivity contribution < 1.29 is 13.9 Å². The fourth-order valence-electron chi connectivity index (χ4n) is 3.13. The summed E-state index contributed by atoms with van der Waals surface area (Å²) < 4.78 is 19.2. The molecule has 0 bridgehead atoms.